The number of hydrogen-bond donors (Lipinski definition) is 1. The van der Waals surface area contributed by atoms with Crippen LogP contribution in [0.2, 0.25) is 5.02 Å². The van der Waals surface area contributed by atoms with Crippen molar-refractivity contribution in [2.75, 3.05) is 23.3 Å². The van der Waals surface area contributed by atoms with Crippen LogP contribution >= 0.6 is 11.6 Å². The fourth-order valence-electron chi connectivity index (χ4n) is 4.53. The number of nitrogens with one attached hydrogen (secondary N) is 1. The Kier molecular flexibility index (Phi) is 8.17. The molecule has 3 aromatic rings. The summed E-state index contributed by atoms with van der Waals surface area (Å²) in [5.41, 5.74) is 0.390. The lowest BCUT2D eigenvalue weighted by Crippen LogP contribution is -2.47. The van der Waals surface area contributed by atoms with E-state index in [0.717, 1.165) is 12.8 Å². The van der Waals surface area contributed by atoms with Crippen molar-refractivity contribution in [1.29, 1.82) is 5.26 Å². The molecule has 0 saturated carbocycles. The smallest absolute Gasteiger partial charge is 0.420 e. The van der Waals surface area contributed by atoms with E-state index in [1.165, 1.54) is 9.42 Å². The number of nitrogens with zero attached hydrogens (tertiary/aromatic N) is 5. The number of likely N-dealkylation sites (tertiary alicyclic amines) is 1. The molecular weight excluding hydrogens is 532 g/mol. The van der Waals surface area contributed by atoms with Crippen molar-refractivity contribution in [3.05, 3.63) is 53.2 Å². The van der Waals surface area contributed by atoms with Gasteiger partial charge in [-0.05, 0) is 72.6 Å². The zero-order valence-corrected chi connectivity index (χ0v) is 24.5. The number of anilines is 3. The van der Waals surface area contributed by atoms with Crippen LogP contribution in [-0.2, 0) is 9.47 Å². The third kappa shape index (κ3) is 6.59. The van der Waals surface area contributed by atoms with Crippen molar-refractivity contribution in [1.82, 2.24) is 14.5 Å². The molecule has 40 heavy (non-hydrogen) atoms. The number of fused-ring (bicyclic) bond motifs is 1. The molecule has 212 valence electrons. The first-order valence-corrected chi connectivity index (χ1v) is 13.6. The van der Waals surface area contributed by atoms with Crippen molar-refractivity contribution in [2.24, 2.45) is 0 Å². The minimum atomic E-state index is -0.777. The van der Waals surface area contributed by atoms with E-state index in [1.54, 1.807) is 68.3 Å². The summed E-state index contributed by atoms with van der Waals surface area (Å²) in [7, 11) is 0. The van der Waals surface area contributed by atoms with Gasteiger partial charge in [0.2, 0.25) is 0 Å². The molecule has 2 amide bonds. The predicted octanol–water partition coefficient (Wildman–Crippen LogP) is 6.74. The second kappa shape index (κ2) is 11.3. The van der Waals surface area contributed by atoms with Gasteiger partial charge in [0.15, 0.2) is 0 Å². The second-order valence-electron chi connectivity index (χ2n) is 11.7. The maximum atomic E-state index is 13.6. The summed E-state index contributed by atoms with van der Waals surface area (Å²) in [6.07, 6.45) is 2.09. The van der Waals surface area contributed by atoms with Crippen molar-refractivity contribution in [3.8, 4) is 6.07 Å². The number of carbonyl (C=O) groups excluding carboxylic acids is 2. The number of carbonyl (C=O) groups is 2. The standard InChI is InChI=1S/C29H35ClN6O4/c1-28(2,3)39-26(37)34-15-9-10-19(18-34)33-22-16-25(36-23(13-14-32-36)20(22)17-31)35(27(38)40-29(4,5)6)24-12-8-7-11-21(24)30/h7-8,11-14,16,19,33H,9-10,15,18H2,1-6H3/t19-/m0/s1. The summed E-state index contributed by atoms with van der Waals surface area (Å²) in [5.74, 6) is 0.337. The number of para-hydroxylation sites is 1. The van der Waals surface area contributed by atoms with Crippen molar-refractivity contribution < 1.29 is 19.1 Å². The summed E-state index contributed by atoms with van der Waals surface area (Å²) < 4.78 is 12.8. The van der Waals surface area contributed by atoms with E-state index in [9.17, 15) is 14.9 Å². The van der Waals surface area contributed by atoms with Gasteiger partial charge in [-0.3, -0.25) is 0 Å². The summed E-state index contributed by atoms with van der Waals surface area (Å²) >= 11 is 6.56. The highest BCUT2D eigenvalue weighted by Gasteiger charge is 2.32. The van der Waals surface area contributed by atoms with Crippen molar-refractivity contribution >= 4 is 46.5 Å². The first-order chi connectivity index (χ1) is 18.8. The molecule has 1 aliphatic rings. The lowest BCUT2D eigenvalue weighted by atomic mass is 10.0. The molecule has 1 N–H and O–H groups in total. The number of aromatic nitrogens is 2. The molecule has 0 bridgehead atoms. The molecule has 0 spiro atoms. The van der Waals surface area contributed by atoms with E-state index in [-0.39, 0.29) is 12.1 Å². The van der Waals surface area contributed by atoms with Crippen LogP contribution in [0.1, 0.15) is 59.9 Å². The topological polar surface area (TPSA) is 112 Å². The van der Waals surface area contributed by atoms with Crippen LogP contribution in [-0.4, -0.2) is 57.0 Å². The number of piperidine rings is 1. The van der Waals surface area contributed by atoms with Gasteiger partial charge in [0.1, 0.15) is 28.7 Å². The Morgan fingerprint density at radius 2 is 1.82 bits per heavy atom. The Morgan fingerprint density at radius 3 is 2.48 bits per heavy atom. The van der Waals surface area contributed by atoms with Crippen LogP contribution in [0, 0.1) is 11.3 Å². The van der Waals surface area contributed by atoms with E-state index in [4.69, 9.17) is 21.1 Å². The first-order valence-electron chi connectivity index (χ1n) is 13.2. The van der Waals surface area contributed by atoms with Gasteiger partial charge < -0.3 is 19.7 Å². The quantitative estimate of drug-likeness (QED) is 0.372. The minimum absolute atomic E-state index is 0.151. The highest BCUT2D eigenvalue weighted by atomic mass is 35.5. The average Bonchev–Trinajstić information content (AvgIpc) is 3.33. The third-order valence-corrected chi connectivity index (χ3v) is 6.42. The lowest BCUT2D eigenvalue weighted by molar-refractivity contribution is 0.0206. The molecule has 11 heteroatoms. The predicted molar refractivity (Wildman–Crippen MR) is 154 cm³/mol. The Morgan fingerprint density at radius 1 is 1.12 bits per heavy atom. The number of hydrogen-bond acceptors (Lipinski definition) is 7. The zero-order valence-electron chi connectivity index (χ0n) is 23.7. The SMILES string of the molecule is CC(C)(C)OC(=O)N1CCC[C@H](Nc2cc(N(C(=O)OC(C)(C)C)c3ccccc3Cl)n3nccc3c2C#N)C1. The van der Waals surface area contributed by atoms with Crippen LogP contribution in [0.25, 0.3) is 5.52 Å². The van der Waals surface area contributed by atoms with E-state index in [2.05, 4.69) is 16.5 Å². The normalized spacial score (nSPS) is 15.8. The zero-order chi connectivity index (χ0) is 29.2. The Hall–Kier alpha value is -3.97. The molecule has 1 fully saturated rings. The first kappa shape index (κ1) is 29.0. The number of rotatable bonds is 4. The monoisotopic (exact) mass is 566 g/mol. The van der Waals surface area contributed by atoms with Crippen LogP contribution in [0.3, 0.4) is 0 Å². The fourth-order valence-corrected chi connectivity index (χ4v) is 4.75. The molecule has 1 aliphatic heterocycles. The number of ether oxygens (including phenoxy) is 2. The molecule has 10 nitrogen and oxygen atoms in total. The highest BCUT2D eigenvalue weighted by Crippen LogP contribution is 2.37. The molecule has 4 rings (SSSR count). The Bertz CT molecular complexity index is 1450. The Balaban J connectivity index is 1.77. The van der Waals surface area contributed by atoms with Gasteiger partial charge in [0.05, 0.1) is 28.1 Å². The molecule has 0 radical (unpaired) electrons. The van der Waals surface area contributed by atoms with E-state index in [1.807, 2.05) is 20.8 Å². The molecule has 1 saturated heterocycles. The molecular formula is C29H35ClN6O4. The number of pyridine rings is 1. The van der Waals surface area contributed by atoms with Gasteiger partial charge in [-0.2, -0.15) is 10.4 Å². The van der Waals surface area contributed by atoms with Gasteiger partial charge in [-0.25, -0.2) is 19.0 Å². The van der Waals surface area contributed by atoms with Gasteiger partial charge in [-0.15, -0.1) is 0 Å². The summed E-state index contributed by atoms with van der Waals surface area (Å²) in [6.45, 7) is 11.8. The van der Waals surface area contributed by atoms with E-state index < -0.39 is 17.3 Å². The lowest BCUT2D eigenvalue weighted by Gasteiger charge is -2.35. The van der Waals surface area contributed by atoms with Gasteiger partial charge >= 0.3 is 12.2 Å². The van der Waals surface area contributed by atoms with Crippen molar-refractivity contribution in [2.45, 2.75) is 71.6 Å². The Labute approximate surface area is 239 Å². The second-order valence-corrected chi connectivity index (χ2v) is 12.1. The third-order valence-electron chi connectivity index (χ3n) is 6.10. The number of amides is 2. The molecule has 1 atom stereocenters. The van der Waals surface area contributed by atoms with Crippen molar-refractivity contribution in [3.63, 3.8) is 0 Å². The summed E-state index contributed by atoms with van der Waals surface area (Å²) in [5, 5.41) is 18.4. The van der Waals surface area contributed by atoms with Crippen LogP contribution in [0.4, 0.5) is 26.8 Å². The number of halogens is 1. The van der Waals surface area contributed by atoms with Crippen LogP contribution in [0.15, 0.2) is 42.6 Å². The summed E-state index contributed by atoms with van der Waals surface area (Å²) in [4.78, 5) is 29.4. The minimum Gasteiger partial charge on any atom is -0.444 e. The molecule has 1 aromatic carbocycles. The van der Waals surface area contributed by atoms with Crippen LogP contribution < -0.4 is 10.2 Å². The number of nitriles is 1. The largest absolute Gasteiger partial charge is 0.444 e. The van der Waals surface area contributed by atoms with E-state index >= 15 is 0 Å². The molecule has 2 aromatic heterocycles. The van der Waals surface area contributed by atoms with Crippen LogP contribution in [0.5, 0.6) is 0 Å². The average molecular weight is 567 g/mol. The van der Waals surface area contributed by atoms with Gasteiger partial charge in [-0.1, -0.05) is 23.7 Å². The maximum Gasteiger partial charge on any atom is 0.420 e. The van der Waals surface area contributed by atoms with Gasteiger partial charge in [0.25, 0.3) is 0 Å². The summed E-state index contributed by atoms with van der Waals surface area (Å²) in [6, 6.07) is 12.5. The van der Waals surface area contributed by atoms with Gasteiger partial charge in [0, 0.05) is 25.2 Å². The van der Waals surface area contributed by atoms with E-state index in [0.29, 0.717) is 46.4 Å². The number of benzene rings is 1. The maximum absolute atomic E-state index is 13.6. The molecule has 3 heterocycles. The fraction of sp³-hybridized carbons (Fsp3) is 0.448. The molecule has 0 unspecified atom stereocenters. The molecule has 0 aliphatic carbocycles. The highest BCUT2D eigenvalue weighted by molar-refractivity contribution is 6.34.